The number of halogens is 4. The third kappa shape index (κ3) is 3.63. The molecule has 2 aromatic rings. The molecule has 20 heavy (non-hydrogen) atoms. The second kappa shape index (κ2) is 5.71. The van der Waals surface area contributed by atoms with Crippen molar-refractivity contribution in [1.29, 1.82) is 0 Å². The molecule has 0 unspecified atom stereocenters. The first kappa shape index (κ1) is 14.7. The number of alkyl halides is 4. The van der Waals surface area contributed by atoms with E-state index in [0.29, 0.717) is 5.69 Å². The van der Waals surface area contributed by atoms with Crippen LogP contribution in [0.25, 0.3) is 0 Å². The van der Waals surface area contributed by atoms with Crippen molar-refractivity contribution in [2.24, 2.45) is 0 Å². The van der Waals surface area contributed by atoms with Crippen LogP contribution < -0.4 is 4.74 Å². The van der Waals surface area contributed by atoms with E-state index in [4.69, 9.17) is 16.3 Å². The highest BCUT2D eigenvalue weighted by atomic mass is 35.5. The zero-order chi connectivity index (χ0) is 14.8. The Morgan fingerprint density at radius 3 is 2.60 bits per heavy atom. The third-order valence-corrected chi connectivity index (χ3v) is 2.84. The average Bonchev–Trinajstić information content (AvgIpc) is 2.37. The van der Waals surface area contributed by atoms with Gasteiger partial charge in [-0.15, -0.1) is 11.6 Å². The number of pyridine rings is 1. The van der Waals surface area contributed by atoms with Crippen LogP contribution in [0.4, 0.5) is 13.2 Å². The van der Waals surface area contributed by atoms with E-state index in [1.807, 2.05) is 0 Å². The minimum atomic E-state index is -4.40. The topological polar surface area (TPSA) is 22.1 Å². The lowest BCUT2D eigenvalue weighted by Gasteiger charge is -2.10. The van der Waals surface area contributed by atoms with Crippen molar-refractivity contribution >= 4 is 11.6 Å². The maximum Gasteiger partial charge on any atom is 0.416 e. The van der Waals surface area contributed by atoms with Gasteiger partial charge in [0, 0.05) is 17.6 Å². The lowest BCUT2D eigenvalue weighted by atomic mass is 10.2. The highest BCUT2D eigenvalue weighted by molar-refractivity contribution is 6.17. The van der Waals surface area contributed by atoms with E-state index in [0.717, 1.165) is 17.7 Å². The molecule has 0 atom stereocenters. The second-order valence-corrected chi connectivity index (χ2v) is 4.48. The smallest absolute Gasteiger partial charge is 0.416 e. The molecule has 106 valence electrons. The van der Waals surface area contributed by atoms with Gasteiger partial charge in [-0.3, -0.25) is 0 Å². The predicted molar refractivity (Wildman–Crippen MR) is 70.0 cm³/mol. The Balaban J connectivity index is 2.28. The number of rotatable bonds is 3. The highest BCUT2D eigenvalue weighted by Crippen LogP contribution is 2.32. The van der Waals surface area contributed by atoms with Crippen LogP contribution in [0.2, 0.25) is 0 Å². The van der Waals surface area contributed by atoms with Gasteiger partial charge in [-0.1, -0.05) is 6.07 Å². The van der Waals surface area contributed by atoms with Gasteiger partial charge in [-0.2, -0.15) is 13.2 Å². The number of nitrogens with zero attached hydrogens (tertiary/aromatic N) is 1. The fourth-order valence-corrected chi connectivity index (χ4v) is 1.85. The monoisotopic (exact) mass is 301 g/mol. The molecule has 0 spiro atoms. The second-order valence-electron chi connectivity index (χ2n) is 4.22. The van der Waals surface area contributed by atoms with Crippen LogP contribution in [-0.2, 0) is 12.1 Å². The Kier molecular flexibility index (Phi) is 4.18. The molecule has 0 radical (unpaired) electrons. The summed E-state index contributed by atoms with van der Waals surface area (Å²) < 4.78 is 43.2. The van der Waals surface area contributed by atoms with Crippen LogP contribution in [-0.4, -0.2) is 4.98 Å². The Morgan fingerprint density at radius 2 is 1.95 bits per heavy atom. The predicted octanol–water partition coefficient (Wildman–Crippen LogP) is 4.94. The number of ether oxygens (including phenoxy) is 1. The SMILES string of the molecule is Cc1cc(CCl)cc(Oc2cccc(C(F)(F)F)c2)n1. The minimum Gasteiger partial charge on any atom is -0.439 e. The molecule has 0 fully saturated rings. The van der Waals surface area contributed by atoms with Crippen molar-refractivity contribution in [3.8, 4) is 11.6 Å². The van der Waals surface area contributed by atoms with Gasteiger partial charge in [-0.25, -0.2) is 4.98 Å². The molecule has 1 aromatic carbocycles. The minimum absolute atomic E-state index is 0.0819. The van der Waals surface area contributed by atoms with Crippen molar-refractivity contribution in [1.82, 2.24) is 4.98 Å². The summed E-state index contributed by atoms with van der Waals surface area (Å²) in [6, 6.07) is 8.04. The van der Waals surface area contributed by atoms with Gasteiger partial charge < -0.3 is 4.74 Å². The maximum absolute atomic E-state index is 12.6. The van der Waals surface area contributed by atoms with E-state index in [1.165, 1.54) is 12.1 Å². The van der Waals surface area contributed by atoms with E-state index >= 15 is 0 Å². The lowest BCUT2D eigenvalue weighted by molar-refractivity contribution is -0.137. The molecule has 0 aliphatic rings. The Bertz CT molecular complexity index is 614. The van der Waals surface area contributed by atoms with Crippen LogP contribution in [0, 0.1) is 6.92 Å². The Morgan fingerprint density at radius 1 is 1.20 bits per heavy atom. The Hall–Kier alpha value is -1.75. The maximum atomic E-state index is 12.6. The van der Waals surface area contributed by atoms with Gasteiger partial charge in [0.25, 0.3) is 0 Å². The first-order valence-electron chi connectivity index (χ1n) is 5.77. The number of benzene rings is 1. The van der Waals surface area contributed by atoms with Crippen molar-refractivity contribution in [3.63, 3.8) is 0 Å². The molecule has 2 nitrogen and oxygen atoms in total. The van der Waals surface area contributed by atoms with Crippen LogP contribution >= 0.6 is 11.6 Å². The summed E-state index contributed by atoms with van der Waals surface area (Å²) in [5.74, 6) is 0.584. The van der Waals surface area contributed by atoms with Crippen LogP contribution in [0.1, 0.15) is 16.8 Å². The molecule has 6 heteroatoms. The van der Waals surface area contributed by atoms with Crippen LogP contribution in [0.3, 0.4) is 0 Å². The first-order valence-corrected chi connectivity index (χ1v) is 6.30. The van der Waals surface area contributed by atoms with Crippen molar-refractivity contribution in [3.05, 3.63) is 53.2 Å². The molecule has 0 saturated heterocycles. The van der Waals surface area contributed by atoms with Gasteiger partial charge in [0.05, 0.1) is 5.56 Å². The van der Waals surface area contributed by atoms with E-state index in [9.17, 15) is 13.2 Å². The molecule has 0 bridgehead atoms. The standard InChI is InChI=1S/C14H11ClF3NO/c1-9-5-10(8-15)6-13(19-9)20-12-4-2-3-11(7-12)14(16,17)18/h2-7H,8H2,1H3. The summed E-state index contributed by atoms with van der Waals surface area (Å²) in [6.45, 7) is 1.76. The van der Waals surface area contributed by atoms with E-state index in [2.05, 4.69) is 4.98 Å². The van der Waals surface area contributed by atoms with E-state index in [-0.39, 0.29) is 17.5 Å². The molecule has 0 saturated carbocycles. The number of hydrogen-bond acceptors (Lipinski definition) is 2. The van der Waals surface area contributed by atoms with E-state index in [1.54, 1.807) is 19.1 Å². The molecule has 0 N–H and O–H groups in total. The van der Waals surface area contributed by atoms with Gasteiger partial charge in [0.1, 0.15) is 5.75 Å². The summed E-state index contributed by atoms with van der Waals surface area (Å²) in [5.41, 5.74) is 0.714. The molecular formula is C14H11ClF3NO. The first-order chi connectivity index (χ1) is 9.38. The number of aryl methyl sites for hydroxylation is 1. The molecule has 1 heterocycles. The fraction of sp³-hybridized carbons (Fsp3) is 0.214. The zero-order valence-corrected chi connectivity index (χ0v) is 11.3. The average molecular weight is 302 g/mol. The molecule has 2 rings (SSSR count). The summed E-state index contributed by atoms with van der Waals surface area (Å²) in [7, 11) is 0. The van der Waals surface area contributed by atoms with Gasteiger partial charge >= 0.3 is 6.18 Å². The van der Waals surface area contributed by atoms with Gasteiger partial charge in [-0.05, 0) is 36.8 Å². The Labute approximate surface area is 119 Å². The molecule has 0 aliphatic heterocycles. The lowest BCUT2D eigenvalue weighted by Crippen LogP contribution is -2.04. The van der Waals surface area contributed by atoms with E-state index < -0.39 is 11.7 Å². The van der Waals surface area contributed by atoms with Gasteiger partial charge in [0.2, 0.25) is 5.88 Å². The van der Waals surface area contributed by atoms with Crippen molar-refractivity contribution < 1.29 is 17.9 Å². The normalized spacial score (nSPS) is 11.4. The van der Waals surface area contributed by atoms with Crippen LogP contribution in [0.5, 0.6) is 11.6 Å². The third-order valence-electron chi connectivity index (χ3n) is 2.53. The molecule has 0 aliphatic carbocycles. The molecule has 1 aromatic heterocycles. The molecule has 0 amide bonds. The molecular weight excluding hydrogens is 291 g/mol. The van der Waals surface area contributed by atoms with Crippen molar-refractivity contribution in [2.75, 3.05) is 0 Å². The summed E-state index contributed by atoms with van der Waals surface area (Å²) in [6.07, 6.45) is -4.40. The van der Waals surface area contributed by atoms with Crippen molar-refractivity contribution in [2.45, 2.75) is 19.0 Å². The quantitative estimate of drug-likeness (QED) is 0.749. The summed E-state index contributed by atoms with van der Waals surface area (Å²) in [5, 5.41) is 0. The largest absolute Gasteiger partial charge is 0.439 e. The summed E-state index contributed by atoms with van der Waals surface area (Å²) >= 11 is 5.73. The van der Waals surface area contributed by atoms with Gasteiger partial charge in [0.15, 0.2) is 0 Å². The number of hydrogen-bond donors (Lipinski definition) is 0. The zero-order valence-electron chi connectivity index (χ0n) is 10.5. The highest BCUT2D eigenvalue weighted by Gasteiger charge is 2.30. The number of aromatic nitrogens is 1. The fourth-order valence-electron chi connectivity index (χ4n) is 1.69. The summed E-state index contributed by atoms with van der Waals surface area (Å²) in [4.78, 5) is 4.11. The van der Waals surface area contributed by atoms with Crippen LogP contribution in [0.15, 0.2) is 36.4 Å².